The molecule has 1 heterocycles. The van der Waals surface area contributed by atoms with Gasteiger partial charge in [-0.15, -0.1) is 11.3 Å². The molecule has 1 aromatic heterocycles. The first-order chi connectivity index (χ1) is 8.74. The molecule has 18 heavy (non-hydrogen) atoms. The van der Waals surface area contributed by atoms with Crippen molar-refractivity contribution in [2.45, 2.75) is 39.3 Å². The van der Waals surface area contributed by atoms with Crippen LogP contribution in [0.1, 0.15) is 38.9 Å². The van der Waals surface area contributed by atoms with Crippen LogP contribution in [0.3, 0.4) is 0 Å². The van der Waals surface area contributed by atoms with Crippen LogP contribution >= 0.6 is 11.3 Å². The smallest absolute Gasteiger partial charge is 0.0329 e. The van der Waals surface area contributed by atoms with E-state index in [1.807, 2.05) is 11.3 Å². The quantitative estimate of drug-likeness (QED) is 0.871. The van der Waals surface area contributed by atoms with Gasteiger partial charge in [-0.25, -0.2) is 0 Å². The number of benzene rings is 1. The lowest BCUT2D eigenvalue weighted by Gasteiger charge is -2.13. The van der Waals surface area contributed by atoms with Crippen LogP contribution in [0.25, 0.3) is 0 Å². The minimum atomic E-state index is 0.545. The second kappa shape index (κ2) is 4.87. The molecule has 2 aromatic rings. The summed E-state index contributed by atoms with van der Waals surface area (Å²) in [5.41, 5.74) is 4.44. The van der Waals surface area contributed by atoms with E-state index in [1.165, 1.54) is 39.3 Å². The van der Waals surface area contributed by atoms with Crippen LogP contribution in [-0.4, -0.2) is 0 Å². The lowest BCUT2D eigenvalue weighted by atomic mass is 10.1. The summed E-state index contributed by atoms with van der Waals surface area (Å²) in [6, 6.07) is 11.7. The second-order valence-electron chi connectivity index (χ2n) is 5.12. The summed E-state index contributed by atoms with van der Waals surface area (Å²) < 4.78 is 0. The molecular weight excluding hydrogens is 238 g/mol. The Morgan fingerprint density at radius 1 is 1.28 bits per heavy atom. The first-order valence-corrected chi connectivity index (χ1v) is 7.43. The number of hydrogen-bond donors (Lipinski definition) is 1. The van der Waals surface area contributed by atoms with Gasteiger partial charge in [-0.2, -0.15) is 0 Å². The number of rotatable bonds is 3. The number of thiophene rings is 1. The second-order valence-corrected chi connectivity index (χ2v) is 6.46. The standard InChI is InChI=1S/C16H19NS/c1-11-9-14(18-12(11)2)10-17-16-8-7-13-5-3-4-6-15(13)16/h3-6,9,16-17H,7-8,10H2,1-2H3. The molecule has 94 valence electrons. The molecule has 1 nitrogen and oxygen atoms in total. The van der Waals surface area contributed by atoms with Crippen molar-refractivity contribution in [2.24, 2.45) is 0 Å². The van der Waals surface area contributed by atoms with Gasteiger partial charge >= 0.3 is 0 Å². The van der Waals surface area contributed by atoms with Gasteiger partial charge in [-0.3, -0.25) is 0 Å². The molecule has 0 bridgehead atoms. The van der Waals surface area contributed by atoms with E-state index in [2.05, 4.69) is 49.5 Å². The number of aryl methyl sites for hydroxylation is 3. The molecule has 0 aliphatic heterocycles. The molecular formula is C16H19NS. The van der Waals surface area contributed by atoms with Crippen molar-refractivity contribution in [3.63, 3.8) is 0 Å². The Balaban J connectivity index is 1.68. The van der Waals surface area contributed by atoms with Crippen LogP contribution in [0.4, 0.5) is 0 Å². The van der Waals surface area contributed by atoms with E-state index in [4.69, 9.17) is 0 Å². The van der Waals surface area contributed by atoms with Gasteiger partial charge in [0.2, 0.25) is 0 Å². The summed E-state index contributed by atoms with van der Waals surface area (Å²) in [6.45, 7) is 5.40. The topological polar surface area (TPSA) is 12.0 Å². The zero-order valence-corrected chi connectivity index (χ0v) is 11.8. The lowest BCUT2D eigenvalue weighted by Crippen LogP contribution is -2.17. The Kier molecular flexibility index (Phi) is 3.23. The Bertz CT molecular complexity index is 536. The maximum atomic E-state index is 3.71. The molecule has 1 aromatic carbocycles. The first kappa shape index (κ1) is 11.9. The van der Waals surface area contributed by atoms with Crippen LogP contribution in [0.15, 0.2) is 30.3 Å². The molecule has 1 atom stereocenters. The summed E-state index contributed by atoms with van der Waals surface area (Å²) in [7, 11) is 0. The third-order valence-corrected chi connectivity index (χ3v) is 5.03. The summed E-state index contributed by atoms with van der Waals surface area (Å²) >= 11 is 1.92. The highest BCUT2D eigenvalue weighted by molar-refractivity contribution is 7.12. The van der Waals surface area contributed by atoms with Gasteiger partial charge in [0, 0.05) is 22.3 Å². The number of hydrogen-bond acceptors (Lipinski definition) is 2. The summed E-state index contributed by atoms with van der Waals surface area (Å²) in [6.07, 6.45) is 2.46. The minimum Gasteiger partial charge on any atom is -0.305 e. The molecule has 1 N–H and O–H groups in total. The molecule has 0 saturated carbocycles. The summed E-state index contributed by atoms with van der Waals surface area (Å²) in [5.74, 6) is 0. The largest absolute Gasteiger partial charge is 0.305 e. The maximum Gasteiger partial charge on any atom is 0.0329 e. The normalized spacial score (nSPS) is 18.0. The molecule has 0 amide bonds. The van der Waals surface area contributed by atoms with Crippen molar-refractivity contribution in [3.8, 4) is 0 Å². The summed E-state index contributed by atoms with van der Waals surface area (Å²) in [4.78, 5) is 2.90. The van der Waals surface area contributed by atoms with Crippen molar-refractivity contribution >= 4 is 11.3 Å². The zero-order valence-electron chi connectivity index (χ0n) is 11.0. The Hall–Kier alpha value is -1.12. The van der Waals surface area contributed by atoms with E-state index in [1.54, 1.807) is 0 Å². The average molecular weight is 257 g/mol. The van der Waals surface area contributed by atoms with Crippen molar-refractivity contribution < 1.29 is 0 Å². The van der Waals surface area contributed by atoms with E-state index in [-0.39, 0.29) is 0 Å². The van der Waals surface area contributed by atoms with Gasteiger partial charge in [0.25, 0.3) is 0 Å². The molecule has 0 radical (unpaired) electrons. The number of nitrogens with one attached hydrogen (secondary N) is 1. The molecule has 1 aliphatic carbocycles. The predicted molar refractivity (Wildman–Crippen MR) is 78.1 cm³/mol. The van der Waals surface area contributed by atoms with E-state index in [0.29, 0.717) is 6.04 Å². The maximum absolute atomic E-state index is 3.71. The number of fused-ring (bicyclic) bond motifs is 1. The molecule has 0 saturated heterocycles. The van der Waals surface area contributed by atoms with E-state index in [9.17, 15) is 0 Å². The van der Waals surface area contributed by atoms with Crippen LogP contribution in [0, 0.1) is 13.8 Å². The third kappa shape index (κ3) is 2.23. The van der Waals surface area contributed by atoms with Crippen molar-refractivity contribution in [1.29, 1.82) is 0 Å². The SMILES string of the molecule is Cc1cc(CNC2CCc3ccccc32)sc1C. The third-order valence-electron chi connectivity index (χ3n) is 3.87. The van der Waals surface area contributed by atoms with Gasteiger partial charge in [0.05, 0.1) is 0 Å². The Labute approximate surface area is 113 Å². The highest BCUT2D eigenvalue weighted by atomic mass is 32.1. The molecule has 1 aliphatic rings. The van der Waals surface area contributed by atoms with Crippen LogP contribution in [0.5, 0.6) is 0 Å². The first-order valence-electron chi connectivity index (χ1n) is 6.61. The Morgan fingerprint density at radius 3 is 2.89 bits per heavy atom. The predicted octanol–water partition coefficient (Wildman–Crippen LogP) is 4.14. The van der Waals surface area contributed by atoms with E-state index in [0.717, 1.165) is 6.54 Å². The van der Waals surface area contributed by atoms with Gasteiger partial charge in [0.15, 0.2) is 0 Å². The fourth-order valence-electron chi connectivity index (χ4n) is 2.73. The van der Waals surface area contributed by atoms with Crippen LogP contribution < -0.4 is 5.32 Å². The highest BCUT2D eigenvalue weighted by Crippen LogP contribution is 2.31. The van der Waals surface area contributed by atoms with Gasteiger partial charge in [-0.1, -0.05) is 24.3 Å². The molecule has 0 spiro atoms. The molecule has 0 fully saturated rings. The van der Waals surface area contributed by atoms with Crippen molar-refractivity contribution in [2.75, 3.05) is 0 Å². The molecule has 1 unspecified atom stereocenters. The lowest BCUT2D eigenvalue weighted by molar-refractivity contribution is 0.533. The van der Waals surface area contributed by atoms with Crippen LogP contribution in [0.2, 0.25) is 0 Å². The fourth-order valence-corrected chi connectivity index (χ4v) is 3.73. The van der Waals surface area contributed by atoms with E-state index < -0.39 is 0 Å². The van der Waals surface area contributed by atoms with Gasteiger partial charge in [0.1, 0.15) is 0 Å². The monoisotopic (exact) mass is 257 g/mol. The Morgan fingerprint density at radius 2 is 2.11 bits per heavy atom. The minimum absolute atomic E-state index is 0.545. The van der Waals surface area contributed by atoms with Gasteiger partial charge in [-0.05, 0) is 49.4 Å². The summed E-state index contributed by atoms with van der Waals surface area (Å²) in [5, 5.41) is 3.71. The van der Waals surface area contributed by atoms with Crippen LogP contribution in [-0.2, 0) is 13.0 Å². The molecule has 2 heteroatoms. The van der Waals surface area contributed by atoms with Crippen molar-refractivity contribution in [1.82, 2.24) is 5.32 Å². The van der Waals surface area contributed by atoms with Gasteiger partial charge < -0.3 is 5.32 Å². The highest BCUT2D eigenvalue weighted by Gasteiger charge is 2.21. The van der Waals surface area contributed by atoms with E-state index >= 15 is 0 Å². The fraction of sp³-hybridized carbons (Fsp3) is 0.375. The molecule has 3 rings (SSSR count). The average Bonchev–Trinajstić information content (AvgIpc) is 2.92. The zero-order chi connectivity index (χ0) is 12.5. The van der Waals surface area contributed by atoms with Crippen molar-refractivity contribution in [3.05, 3.63) is 56.8 Å².